The number of carbonyl (C=O) groups excluding carboxylic acids is 2. The van der Waals surface area contributed by atoms with E-state index in [4.69, 9.17) is 5.41 Å². The highest BCUT2D eigenvalue weighted by Crippen LogP contribution is 2.08. The van der Waals surface area contributed by atoms with Crippen LogP contribution >= 0.6 is 0 Å². The van der Waals surface area contributed by atoms with Crippen LogP contribution in [0.4, 0.5) is 0 Å². The van der Waals surface area contributed by atoms with E-state index >= 15 is 0 Å². The summed E-state index contributed by atoms with van der Waals surface area (Å²) < 4.78 is 0. The third-order valence-corrected chi connectivity index (χ3v) is 1.64. The van der Waals surface area contributed by atoms with Crippen molar-refractivity contribution in [3.8, 4) is 0 Å². The van der Waals surface area contributed by atoms with Gasteiger partial charge in [0.05, 0.1) is 11.4 Å². The molecule has 0 fully saturated rings. The van der Waals surface area contributed by atoms with Crippen molar-refractivity contribution in [3.05, 3.63) is 23.4 Å². The molecular formula is C9H10N2O2. The van der Waals surface area contributed by atoms with E-state index in [1.165, 1.54) is 19.1 Å². The van der Waals surface area contributed by atoms with Gasteiger partial charge in [-0.25, -0.2) is 0 Å². The average molecular weight is 178 g/mol. The molecule has 0 radical (unpaired) electrons. The van der Waals surface area contributed by atoms with Crippen molar-refractivity contribution in [2.45, 2.75) is 13.8 Å². The summed E-state index contributed by atoms with van der Waals surface area (Å²) in [6.07, 6.45) is 2.70. The number of ketones is 1. The van der Waals surface area contributed by atoms with Gasteiger partial charge in [-0.2, -0.15) is 0 Å². The maximum atomic E-state index is 11.2. The van der Waals surface area contributed by atoms with Crippen LogP contribution in [0.5, 0.6) is 0 Å². The molecule has 0 bridgehead atoms. The SMILES string of the molecule is CC(=O)NC1=CC(=N)C(C)=CC1=O. The summed E-state index contributed by atoms with van der Waals surface area (Å²) >= 11 is 0. The lowest BCUT2D eigenvalue weighted by Gasteiger charge is -2.10. The third-order valence-electron chi connectivity index (χ3n) is 1.64. The van der Waals surface area contributed by atoms with Gasteiger partial charge in [0, 0.05) is 6.92 Å². The molecule has 0 aromatic carbocycles. The van der Waals surface area contributed by atoms with Gasteiger partial charge in [-0.15, -0.1) is 0 Å². The quantitative estimate of drug-likeness (QED) is 0.576. The number of nitrogens with one attached hydrogen (secondary N) is 2. The summed E-state index contributed by atoms with van der Waals surface area (Å²) in [5.41, 5.74) is 1.03. The van der Waals surface area contributed by atoms with Gasteiger partial charge in [0.25, 0.3) is 0 Å². The minimum atomic E-state index is -0.305. The number of amides is 1. The summed E-state index contributed by atoms with van der Waals surface area (Å²) in [5.74, 6) is -0.566. The van der Waals surface area contributed by atoms with E-state index in [-0.39, 0.29) is 23.1 Å². The Balaban J connectivity index is 2.89. The van der Waals surface area contributed by atoms with E-state index in [1.807, 2.05) is 0 Å². The first-order valence-electron chi connectivity index (χ1n) is 3.81. The molecule has 2 N–H and O–H groups in total. The number of hydrogen-bond donors (Lipinski definition) is 2. The Bertz CT molecular complexity index is 351. The molecule has 0 heterocycles. The first-order valence-corrected chi connectivity index (χ1v) is 3.81. The monoisotopic (exact) mass is 178 g/mol. The van der Waals surface area contributed by atoms with Gasteiger partial charge in [-0.1, -0.05) is 0 Å². The van der Waals surface area contributed by atoms with Crippen LogP contribution in [0.1, 0.15) is 13.8 Å². The highest BCUT2D eigenvalue weighted by Gasteiger charge is 2.15. The molecular weight excluding hydrogens is 168 g/mol. The Morgan fingerprint density at radius 3 is 2.62 bits per heavy atom. The summed E-state index contributed by atoms with van der Waals surface area (Å²) in [4.78, 5) is 21.9. The molecule has 0 aromatic rings. The van der Waals surface area contributed by atoms with E-state index in [9.17, 15) is 9.59 Å². The van der Waals surface area contributed by atoms with Gasteiger partial charge in [0.1, 0.15) is 0 Å². The van der Waals surface area contributed by atoms with E-state index in [1.54, 1.807) is 6.92 Å². The Labute approximate surface area is 75.8 Å². The zero-order chi connectivity index (χ0) is 10.0. The molecule has 13 heavy (non-hydrogen) atoms. The lowest BCUT2D eigenvalue weighted by Crippen LogP contribution is -2.27. The normalized spacial score (nSPS) is 16.5. The largest absolute Gasteiger partial charge is 0.323 e. The zero-order valence-corrected chi connectivity index (χ0v) is 7.47. The minimum absolute atomic E-state index is 0.170. The van der Waals surface area contributed by atoms with Crippen LogP contribution in [0.3, 0.4) is 0 Å². The minimum Gasteiger partial charge on any atom is -0.323 e. The van der Waals surface area contributed by atoms with Gasteiger partial charge >= 0.3 is 0 Å². The molecule has 68 valence electrons. The molecule has 4 nitrogen and oxygen atoms in total. The van der Waals surface area contributed by atoms with Crippen molar-refractivity contribution in [2.24, 2.45) is 0 Å². The Kier molecular flexibility index (Phi) is 2.41. The van der Waals surface area contributed by atoms with Crippen molar-refractivity contribution in [3.63, 3.8) is 0 Å². The lowest BCUT2D eigenvalue weighted by atomic mass is 10.0. The highest BCUT2D eigenvalue weighted by atomic mass is 16.2. The second-order valence-corrected chi connectivity index (χ2v) is 2.84. The Morgan fingerprint density at radius 2 is 2.08 bits per heavy atom. The maximum absolute atomic E-state index is 11.2. The number of carbonyl (C=O) groups is 2. The molecule has 0 atom stereocenters. The molecule has 0 spiro atoms. The second-order valence-electron chi connectivity index (χ2n) is 2.84. The van der Waals surface area contributed by atoms with Crippen molar-refractivity contribution in [2.75, 3.05) is 0 Å². The fraction of sp³-hybridized carbons (Fsp3) is 0.222. The molecule has 0 saturated heterocycles. The van der Waals surface area contributed by atoms with Crippen LogP contribution in [0.2, 0.25) is 0 Å². The number of rotatable bonds is 1. The van der Waals surface area contributed by atoms with Crippen LogP contribution in [0.25, 0.3) is 0 Å². The van der Waals surface area contributed by atoms with Gasteiger partial charge in [-0.3, -0.25) is 9.59 Å². The van der Waals surface area contributed by atoms with Crippen molar-refractivity contribution >= 4 is 17.4 Å². The van der Waals surface area contributed by atoms with Crippen molar-refractivity contribution in [1.82, 2.24) is 5.32 Å². The van der Waals surface area contributed by atoms with Gasteiger partial charge in [-0.05, 0) is 24.6 Å². The van der Waals surface area contributed by atoms with E-state index in [0.717, 1.165) is 0 Å². The first-order chi connectivity index (χ1) is 6.00. The van der Waals surface area contributed by atoms with Crippen molar-refractivity contribution in [1.29, 1.82) is 5.41 Å². The number of allylic oxidation sites excluding steroid dienone is 3. The van der Waals surface area contributed by atoms with Crippen molar-refractivity contribution < 1.29 is 9.59 Å². The third kappa shape index (κ3) is 2.11. The smallest absolute Gasteiger partial charge is 0.221 e. The molecule has 1 amide bonds. The van der Waals surface area contributed by atoms with Crippen LogP contribution < -0.4 is 5.32 Å². The fourth-order valence-corrected chi connectivity index (χ4v) is 0.969. The van der Waals surface area contributed by atoms with Gasteiger partial charge in [0.2, 0.25) is 11.7 Å². The second kappa shape index (κ2) is 3.35. The molecule has 1 aliphatic rings. The predicted octanol–water partition coefficient (Wildman–Crippen LogP) is 0.555. The molecule has 0 saturated carbocycles. The van der Waals surface area contributed by atoms with Crippen LogP contribution in [0, 0.1) is 5.41 Å². The van der Waals surface area contributed by atoms with Crippen LogP contribution in [-0.4, -0.2) is 17.4 Å². The molecule has 0 aromatic heterocycles. The van der Waals surface area contributed by atoms with E-state index in [2.05, 4.69) is 5.32 Å². The maximum Gasteiger partial charge on any atom is 0.221 e. The summed E-state index contributed by atoms with van der Waals surface area (Å²) in [5, 5.41) is 9.78. The summed E-state index contributed by atoms with van der Waals surface area (Å²) in [7, 11) is 0. The van der Waals surface area contributed by atoms with Gasteiger partial charge in [0.15, 0.2) is 0 Å². The first kappa shape index (κ1) is 9.38. The molecule has 1 aliphatic carbocycles. The highest BCUT2D eigenvalue weighted by molar-refractivity contribution is 6.21. The molecule has 1 rings (SSSR count). The Hall–Kier alpha value is -1.71. The van der Waals surface area contributed by atoms with E-state index < -0.39 is 0 Å². The summed E-state index contributed by atoms with van der Waals surface area (Å²) in [6.45, 7) is 3.00. The predicted molar refractivity (Wildman–Crippen MR) is 48.4 cm³/mol. The lowest BCUT2D eigenvalue weighted by molar-refractivity contribution is -0.120. The molecule has 0 unspecified atom stereocenters. The fourth-order valence-electron chi connectivity index (χ4n) is 0.969. The topological polar surface area (TPSA) is 70.0 Å². The standard InChI is InChI=1S/C9H10N2O2/c1-5-3-9(13)8(4-7(5)10)11-6(2)12/h3-4,10H,1-2H3,(H,11,12). The van der Waals surface area contributed by atoms with E-state index in [0.29, 0.717) is 5.57 Å². The van der Waals surface area contributed by atoms with Crippen LogP contribution in [-0.2, 0) is 9.59 Å². The van der Waals surface area contributed by atoms with Gasteiger partial charge < -0.3 is 10.7 Å². The Morgan fingerprint density at radius 1 is 1.46 bits per heavy atom. The molecule has 0 aliphatic heterocycles. The van der Waals surface area contributed by atoms with Crippen LogP contribution in [0.15, 0.2) is 23.4 Å². The molecule has 4 heteroatoms. The zero-order valence-electron chi connectivity index (χ0n) is 7.47. The average Bonchev–Trinajstić information content (AvgIpc) is 1.99. The number of hydrogen-bond acceptors (Lipinski definition) is 3. The summed E-state index contributed by atoms with van der Waals surface area (Å²) in [6, 6.07) is 0.